The molecule has 1 atom stereocenters. The molecule has 1 aromatic heterocycles. The molecular weight excluding hydrogens is 1640 g/mol. The maximum Gasteiger partial charge on any atom is 0.527 e. The highest BCUT2D eigenvalue weighted by Crippen LogP contribution is 2.46. The number of aliphatic carboxylic acids is 1. The lowest BCUT2D eigenvalue weighted by atomic mass is 9.77. The summed E-state index contributed by atoms with van der Waals surface area (Å²) in [6, 6.07) is 20.2. The molecule has 1 fully saturated rings. The van der Waals surface area contributed by atoms with Crippen molar-refractivity contribution in [1.82, 2.24) is 0 Å². The summed E-state index contributed by atoms with van der Waals surface area (Å²) in [6.07, 6.45) is 11.6. The lowest BCUT2D eigenvalue weighted by Gasteiger charge is -2.28. The molecule has 2 heterocycles. The van der Waals surface area contributed by atoms with Gasteiger partial charge in [0.15, 0.2) is 23.0 Å². The van der Waals surface area contributed by atoms with Gasteiger partial charge in [-0.05, 0) is 109 Å². The van der Waals surface area contributed by atoms with E-state index in [-0.39, 0.29) is 41.8 Å². The highest BCUT2D eigenvalue weighted by molar-refractivity contribution is 7.98. The number of benzene rings is 3. The molecule has 4 aromatic rings. The first-order valence-electron chi connectivity index (χ1n) is 28.5. The van der Waals surface area contributed by atoms with Crippen LogP contribution in [-0.2, 0) is 88.7 Å². The van der Waals surface area contributed by atoms with Crippen molar-refractivity contribution in [2.75, 3.05) is 58.8 Å². The predicted octanol–water partition coefficient (Wildman–Crippen LogP) is 8.36. The molecule has 1 aliphatic heterocycles. The summed E-state index contributed by atoms with van der Waals surface area (Å²) < 4.78 is 137. The first kappa shape index (κ1) is 102. The molecule has 0 bridgehead atoms. The number of thioether (sulfide) groups is 1. The zero-order valence-electron chi connectivity index (χ0n) is 54.7. The number of carboxylic acid groups (broad SMARTS) is 1. The normalized spacial score (nSPS) is 14.9. The molecule has 2 aliphatic rings. The maximum atomic E-state index is 11.6. The molecule has 0 spiro atoms. The molecule has 54 heteroatoms. The fourth-order valence-corrected chi connectivity index (χ4v) is 11.1. The summed E-state index contributed by atoms with van der Waals surface area (Å²) in [6.45, 7) is 4.88. The topological polar surface area (TPSA) is 691 Å². The Morgan fingerprint density at radius 3 is 1.43 bits per heavy atom. The van der Waals surface area contributed by atoms with Crippen LogP contribution < -0.4 is 14.0 Å². The third-order valence-corrected chi connectivity index (χ3v) is 17.6. The number of halogens is 1. The first-order chi connectivity index (χ1) is 47.0. The average molecular weight is 1720 g/mol. The van der Waals surface area contributed by atoms with Gasteiger partial charge in [0.25, 0.3) is 0 Å². The molecule has 6 rings (SSSR count). The van der Waals surface area contributed by atoms with Crippen molar-refractivity contribution >= 4 is 123 Å². The first-order valence-corrected chi connectivity index (χ1v) is 44.9. The molecule has 0 saturated heterocycles. The van der Waals surface area contributed by atoms with Crippen LogP contribution in [0.15, 0.2) is 78.2 Å². The second kappa shape index (κ2) is 49.9. The summed E-state index contributed by atoms with van der Waals surface area (Å²) in [5.41, 5.74) is 3.14. The molecule has 19 N–H and O–H groups in total. The van der Waals surface area contributed by atoms with Crippen molar-refractivity contribution < 1.29 is 199 Å². The van der Waals surface area contributed by atoms with Crippen molar-refractivity contribution in [1.29, 1.82) is 0 Å². The summed E-state index contributed by atoms with van der Waals surface area (Å²) in [4.78, 5) is 181. The van der Waals surface area contributed by atoms with Crippen LogP contribution >= 0.6 is 105 Å². The summed E-state index contributed by atoms with van der Waals surface area (Å²) in [5.74, 6) is -0.376. The Kier molecular flexibility index (Phi) is 49.4. The van der Waals surface area contributed by atoms with Gasteiger partial charge in [-0.2, -0.15) is 11.8 Å². The highest BCUT2D eigenvalue weighted by atomic mass is 35.5. The number of phosphoric ester groups is 9. The van der Waals surface area contributed by atoms with Crippen molar-refractivity contribution in [3.63, 3.8) is 0 Å². The lowest BCUT2D eigenvalue weighted by molar-refractivity contribution is -0.139. The number of unbranched alkanes of at least 4 members (excludes halogenated alkanes) is 1. The van der Waals surface area contributed by atoms with E-state index in [1.165, 1.54) is 67.7 Å². The van der Waals surface area contributed by atoms with E-state index in [1.807, 2.05) is 30.5 Å². The number of carbonyl (C=O) groups excluding carboxylic acids is 2. The Hall–Kier alpha value is -3.08. The van der Waals surface area contributed by atoms with Crippen LogP contribution in [-0.4, -0.2) is 170 Å². The molecule has 103 heavy (non-hydrogen) atoms. The number of thiophene rings is 1. The van der Waals surface area contributed by atoms with Crippen molar-refractivity contribution in [3.05, 3.63) is 110 Å². The van der Waals surface area contributed by atoms with E-state index in [9.17, 15) is 55.5 Å². The van der Waals surface area contributed by atoms with Crippen LogP contribution in [0.3, 0.4) is 0 Å². The third-order valence-electron chi connectivity index (χ3n) is 11.7. The second-order valence-corrected chi connectivity index (χ2v) is 33.2. The molecule has 594 valence electrons. The maximum absolute atomic E-state index is 11.6. The number of hydrogen-bond donors (Lipinski definition) is 19. The molecule has 0 radical (unpaired) electrons. The number of carbonyl (C=O) groups is 3. The minimum absolute atomic E-state index is 0.0157. The number of fused-ring (bicyclic) bond motifs is 1. The van der Waals surface area contributed by atoms with Gasteiger partial charge in [0.05, 0.1) is 32.0 Å². The number of carboxylic acids is 1. The van der Waals surface area contributed by atoms with Gasteiger partial charge in [0.1, 0.15) is 19.0 Å². The van der Waals surface area contributed by atoms with E-state index in [0.717, 1.165) is 36.3 Å². The second-order valence-electron chi connectivity index (χ2n) is 19.8. The average Bonchev–Trinajstić information content (AvgIpc) is 1.71. The fraction of sp³-hybridized carbons (Fsp3) is 0.490. The van der Waals surface area contributed by atoms with Crippen molar-refractivity contribution in [3.8, 4) is 17.2 Å². The van der Waals surface area contributed by atoms with E-state index in [1.54, 1.807) is 48.5 Å². The number of hydrogen-bond acceptors (Lipinski definition) is 25. The van der Waals surface area contributed by atoms with Gasteiger partial charge in [0.2, 0.25) is 0 Å². The zero-order valence-corrected chi connectivity index (χ0v) is 65.1. The Labute approximate surface area is 601 Å². The largest absolute Gasteiger partial charge is 0.527 e. The lowest BCUT2D eigenvalue weighted by Crippen LogP contribution is -2.16. The van der Waals surface area contributed by atoms with Gasteiger partial charge in [-0.25, -0.2) is 55.5 Å². The van der Waals surface area contributed by atoms with Gasteiger partial charge in [-0.1, -0.05) is 88.0 Å². The fourth-order valence-electron chi connectivity index (χ4n) is 7.14. The predicted molar refractivity (Wildman–Crippen MR) is 364 cm³/mol. The third kappa shape index (κ3) is 60.5. The van der Waals surface area contributed by atoms with Crippen LogP contribution in [0, 0.1) is 5.92 Å². The van der Waals surface area contributed by atoms with Gasteiger partial charge >= 0.3 is 88.3 Å². The van der Waals surface area contributed by atoms with Gasteiger partial charge < -0.3 is 86.9 Å². The molecular formula is C49H82ClO42P9S2. The van der Waals surface area contributed by atoms with Crippen LogP contribution in [0.1, 0.15) is 121 Å². The summed E-state index contributed by atoms with van der Waals surface area (Å²) in [7, 11) is -39.6. The van der Waals surface area contributed by atoms with Crippen LogP contribution in [0.5, 0.6) is 17.2 Å². The minimum Gasteiger partial charge on any atom is -0.485 e. The standard InChI is InChI=1S/C17H25O5P.C10H15O4P.C7H8ClO4P.C7H7O7PS.C3H9O4PS.C2H8O8P2.C2H5O6P.CH5O4P/c1-2-3-4-13-5-7-14(8-6-13)15-9-11-16(12-10-15)17(18)22-23(19,20)21;1-3-8(2)9-4-6-10(7-5-9)14-15(11,12)13;8-7-3-1-6(2-4-7)5-12-13(9,10)11;8-7(14-15(9,10)11)6-5-4(3-16-6)12-1-2-13-5;1-9-3-2-7-8(4,5)6;3-11(4,5)9-1-2-10-12(6,7)8;3-2(4)1-8-9(5,6)7;1-5-6(2,3)4/h9-14H,2-8H2,1H3,(H2,19,20,21);4-8H,3H2,1-2H3,(H2,11,12,13);1-4H,5H2,(H2,9,10,11);3H,1-2H2,(H2,9,10,11);2-3H2,1H3,(H2,4,5,6);1-2H2,(H2,3,4,5)(H2,6,7,8);1H2,(H,3,4)(H2,5,6,7);1H3,(H2,2,3,4). The minimum atomic E-state index is -4.84. The van der Waals surface area contributed by atoms with E-state index in [4.69, 9.17) is 114 Å². The Balaban J connectivity index is 0. The molecule has 3 aromatic carbocycles. The molecule has 1 saturated carbocycles. The van der Waals surface area contributed by atoms with E-state index in [0.29, 0.717) is 40.5 Å². The quantitative estimate of drug-likeness (QED) is 0.0187. The Bertz CT molecular complexity index is 3540. The monoisotopic (exact) mass is 1720 g/mol. The highest BCUT2D eigenvalue weighted by Gasteiger charge is 2.30. The number of rotatable bonds is 28. The zero-order chi connectivity index (χ0) is 79.9. The van der Waals surface area contributed by atoms with Crippen LogP contribution in [0.2, 0.25) is 5.02 Å². The molecule has 0 amide bonds. The Morgan fingerprint density at radius 1 is 0.573 bits per heavy atom. The SMILES string of the molecule is CCC(C)c1ccc(OP(=O)(O)O)cc1.CCCCC1CCC(c2ccc(C(=O)OP(=O)(O)O)cc2)CC1.COP(=O)(O)O.CSCCOP(=O)(O)O.O=C(O)COP(=O)(O)O.O=C(OP(=O)(O)O)c1scc2c1OCCO2.O=P(O)(O)OCCOP(=O)(O)O.O=P(O)(O)OCc1ccc(Cl)cc1. The van der Waals surface area contributed by atoms with Gasteiger partial charge in [-0.15, -0.1) is 11.3 Å². The number of phosphoric acid groups is 9. The molecule has 1 aliphatic carbocycles. The van der Waals surface area contributed by atoms with Gasteiger partial charge in [0, 0.05) is 23.3 Å². The smallest absolute Gasteiger partial charge is 0.485 e. The summed E-state index contributed by atoms with van der Waals surface area (Å²) in [5, 5.41) is 9.90. The Morgan fingerprint density at radius 2 is 1.03 bits per heavy atom. The molecule has 1 unspecified atom stereocenters. The van der Waals surface area contributed by atoms with Gasteiger partial charge in [-0.3, -0.25) is 56.5 Å². The van der Waals surface area contributed by atoms with Crippen LogP contribution in [0.25, 0.3) is 0 Å². The van der Waals surface area contributed by atoms with E-state index in [2.05, 4.69) is 61.5 Å². The van der Waals surface area contributed by atoms with Crippen LogP contribution in [0.4, 0.5) is 0 Å². The van der Waals surface area contributed by atoms with E-state index < -0.39 is 108 Å². The van der Waals surface area contributed by atoms with Crippen molar-refractivity contribution in [2.24, 2.45) is 5.92 Å². The van der Waals surface area contributed by atoms with E-state index >= 15 is 0 Å². The van der Waals surface area contributed by atoms with Crippen molar-refractivity contribution in [2.45, 2.75) is 90.6 Å². The summed E-state index contributed by atoms with van der Waals surface area (Å²) >= 11 is 8.03. The number of ether oxygens (including phenoxy) is 2. The molecule has 42 nitrogen and oxygen atoms in total.